The van der Waals surface area contributed by atoms with Crippen LogP contribution in [-0.2, 0) is 0 Å². The molecule has 0 aliphatic heterocycles. The van der Waals surface area contributed by atoms with Gasteiger partial charge in [0.25, 0.3) is 16.8 Å². The first kappa shape index (κ1) is 15.2. The van der Waals surface area contributed by atoms with Crippen LogP contribution in [0.5, 0.6) is 0 Å². The van der Waals surface area contributed by atoms with E-state index in [1.54, 1.807) is 42.5 Å². The Morgan fingerprint density at radius 2 is 1.80 bits per heavy atom. The molecule has 2 aromatic heterocycles. The number of non-ortho nitro benzene ring substituents is 1. The molecule has 0 saturated heterocycles. The van der Waals surface area contributed by atoms with Gasteiger partial charge >= 0.3 is 0 Å². The number of thiazole rings is 1. The molecule has 0 N–H and O–H groups in total. The maximum atomic E-state index is 12.7. The molecule has 4 aromatic rings. The van der Waals surface area contributed by atoms with Crippen LogP contribution in [0.2, 0.25) is 0 Å². The predicted molar refractivity (Wildman–Crippen MR) is 95.0 cm³/mol. The van der Waals surface area contributed by atoms with Crippen molar-refractivity contribution in [3.8, 4) is 0 Å². The van der Waals surface area contributed by atoms with Crippen LogP contribution in [0.4, 0.5) is 5.69 Å². The van der Waals surface area contributed by atoms with Crippen molar-refractivity contribution in [1.82, 2.24) is 9.38 Å². The van der Waals surface area contributed by atoms with Gasteiger partial charge in [-0.15, -0.1) is 0 Å². The van der Waals surface area contributed by atoms with Gasteiger partial charge in [0, 0.05) is 12.1 Å². The van der Waals surface area contributed by atoms with E-state index in [1.807, 2.05) is 0 Å². The SMILES string of the molecule is O=c1nc2s/c(=C\c3ccc([N+](=O)[O-])cc3)c(=O)n2c2ccccc12. The summed E-state index contributed by atoms with van der Waals surface area (Å²) in [7, 11) is 0. The monoisotopic (exact) mass is 351 g/mol. The zero-order valence-electron chi connectivity index (χ0n) is 12.6. The van der Waals surface area contributed by atoms with Crippen LogP contribution in [-0.4, -0.2) is 14.3 Å². The van der Waals surface area contributed by atoms with Gasteiger partial charge in [-0.05, 0) is 35.9 Å². The highest BCUT2D eigenvalue weighted by atomic mass is 32.1. The molecule has 25 heavy (non-hydrogen) atoms. The van der Waals surface area contributed by atoms with Gasteiger partial charge in [0.15, 0.2) is 0 Å². The first-order valence-corrected chi connectivity index (χ1v) is 8.07. The molecule has 4 rings (SSSR count). The number of benzene rings is 2. The van der Waals surface area contributed by atoms with E-state index in [2.05, 4.69) is 4.98 Å². The lowest BCUT2D eigenvalue weighted by Gasteiger charge is -1.97. The van der Waals surface area contributed by atoms with Crippen LogP contribution in [0.1, 0.15) is 5.56 Å². The van der Waals surface area contributed by atoms with Crippen LogP contribution in [0.15, 0.2) is 58.1 Å². The molecule has 0 radical (unpaired) electrons. The van der Waals surface area contributed by atoms with Crippen molar-refractivity contribution < 1.29 is 4.92 Å². The van der Waals surface area contributed by atoms with Gasteiger partial charge in [-0.1, -0.05) is 23.5 Å². The summed E-state index contributed by atoms with van der Waals surface area (Å²) < 4.78 is 1.82. The summed E-state index contributed by atoms with van der Waals surface area (Å²) >= 11 is 1.11. The Balaban J connectivity index is 1.98. The maximum Gasteiger partial charge on any atom is 0.281 e. The van der Waals surface area contributed by atoms with Crippen molar-refractivity contribution in [3.05, 3.63) is 89.4 Å². The van der Waals surface area contributed by atoms with Crippen LogP contribution in [0.25, 0.3) is 21.9 Å². The standard InChI is InChI=1S/C17H9N3O4S/c21-15-12-3-1-2-4-13(12)19-16(22)14(25-17(19)18-15)9-10-5-7-11(8-6-10)20(23)24/h1-9H/b14-9-. The van der Waals surface area contributed by atoms with Crippen molar-refractivity contribution in [3.63, 3.8) is 0 Å². The maximum absolute atomic E-state index is 12.7. The van der Waals surface area contributed by atoms with Gasteiger partial charge in [-0.2, -0.15) is 4.98 Å². The summed E-state index contributed by atoms with van der Waals surface area (Å²) in [5.41, 5.74) is 0.498. The highest BCUT2D eigenvalue weighted by molar-refractivity contribution is 7.15. The van der Waals surface area contributed by atoms with Gasteiger partial charge in [0.05, 0.1) is 20.4 Å². The molecule has 0 fully saturated rings. The minimum Gasteiger partial charge on any atom is -0.267 e. The number of nitro groups is 1. The summed E-state index contributed by atoms with van der Waals surface area (Å²) in [5.74, 6) is 0. The fourth-order valence-corrected chi connectivity index (χ4v) is 3.57. The number of para-hydroxylation sites is 1. The Hall–Kier alpha value is -3.39. The van der Waals surface area contributed by atoms with Crippen LogP contribution >= 0.6 is 11.3 Å². The molecule has 7 nitrogen and oxygen atoms in total. The lowest BCUT2D eigenvalue weighted by atomic mass is 10.2. The third-order valence-electron chi connectivity index (χ3n) is 3.78. The second-order valence-electron chi connectivity index (χ2n) is 5.32. The van der Waals surface area contributed by atoms with E-state index in [0.29, 0.717) is 26.0 Å². The normalized spacial score (nSPS) is 12.1. The quantitative estimate of drug-likeness (QED) is 0.405. The third kappa shape index (κ3) is 2.48. The Kier molecular flexibility index (Phi) is 3.40. The summed E-state index contributed by atoms with van der Waals surface area (Å²) in [6.07, 6.45) is 1.63. The van der Waals surface area contributed by atoms with E-state index >= 15 is 0 Å². The van der Waals surface area contributed by atoms with Crippen LogP contribution < -0.4 is 15.7 Å². The number of fused-ring (bicyclic) bond motifs is 3. The van der Waals surface area contributed by atoms with Gasteiger partial charge in [0.2, 0.25) is 4.96 Å². The molecule has 0 unspecified atom stereocenters. The number of nitrogens with zero attached hydrogens (tertiary/aromatic N) is 3. The predicted octanol–water partition coefficient (Wildman–Crippen LogP) is 1.73. The topological polar surface area (TPSA) is 94.6 Å². The molecule has 0 aliphatic rings. The zero-order chi connectivity index (χ0) is 17.6. The first-order valence-electron chi connectivity index (χ1n) is 7.25. The molecule has 0 aliphatic carbocycles. The minimum absolute atomic E-state index is 0.0196. The van der Waals surface area contributed by atoms with Crippen LogP contribution in [0, 0.1) is 10.1 Å². The van der Waals surface area contributed by atoms with Gasteiger partial charge < -0.3 is 0 Å². The molecule has 0 saturated carbocycles. The number of aromatic nitrogens is 2. The second kappa shape index (κ2) is 5.60. The molecular weight excluding hydrogens is 342 g/mol. The van der Waals surface area contributed by atoms with Crippen molar-refractivity contribution >= 4 is 39.0 Å². The van der Waals surface area contributed by atoms with E-state index in [0.717, 1.165) is 11.3 Å². The van der Waals surface area contributed by atoms with Crippen molar-refractivity contribution in [2.75, 3.05) is 0 Å². The molecule has 0 bridgehead atoms. The summed E-state index contributed by atoms with van der Waals surface area (Å²) in [6.45, 7) is 0. The lowest BCUT2D eigenvalue weighted by molar-refractivity contribution is -0.384. The van der Waals surface area contributed by atoms with Crippen molar-refractivity contribution in [2.45, 2.75) is 0 Å². The smallest absolute Gasteiger partial charge is 0.267 e. The summed E-state index contributed by atoms with van der Waals surface area (Å²) in [5, 5.41) is 11.1. The van der Waals surface area contributed by atoms with E-state index < -0.39 is 4.92 Å². The Morgan fingerprint density at radius 1 is 1.08 bits per heavy atom. The number of rotatable bonds is 2. The second-order valence-corrected chi connectivity index (χ2v) is 6.33. The van der Waals surface area contributed by atoms with E-state index in [-0.39, 0.29) is 16.8 Å². The number of hydrogen-bond acceptors (Lipinski definition) is 6. The fraction of sp³-hybridized carbons (Fsp3) is 0. The van der Waals surface area contributed by atoms with Crippen molar-refractivity contribution in [2.24, 2.45) is 0 Å². The molecule has 8 heteroatoms. The van der Waals surface area contributed by atoms with E-state index in [9.17, 15) is 19.7 Å². The van der Waals surface area contributed by atoms with E-state index in [4.69, 9.17) is 0 Å². The Labute approximate surface area is 143 Å². The largest absolute Gasteiger partial charge is 0.281 e. The number of hydrogen-bond donors (Lipinski definition) is 0. The fourth-order valence-electron chi connectivity index (χ4n) is 2.60. The molecule has 0 spiro atoms. The molecule has 2 heterocycles. The highest BCUT2D eigenvalue weighted by Crippen LogP contribution is 2.13. The van der Waals surface area contributed by atoms with Gasteiger partial charge in [-0.3, -0.25) is 24.1 Å². The highest BCUT2D eigenvalue weighted by Gasteiger charge is 2.11. The average molecular weight is 351 g/mol. The number of nitro benzene ring substituents is 1. The van der Waals surface area contributed by atoms with E-state index in [1.165, 1.54) is 16.5 Å². The summed E-state index contributed by atoms with van der Waals surface area (Å²) in [6, 6.07) is 12.7. The van der Waals surface area contributed by atoms with Gasteiger partial charge in [-0.25, -0.2) is 0 Å². The van der Waals surface area contributed by atoms with Crippen LogP contribution in [0.3, 0.4) is 0 Å². The zero-order valence-corrected chi connectivity index (χ0v) is 13.4. The lowest BCUT2D eigenvalue weighted by Crippen LogP contribution is -2.24. The summed E-state index contributed by atoms with van der Waals surface area (Å²) in [4.78, 5) is 39.3. The Morgan fingerprint density at radius 3 is 2.52 bits per heavy atom. The molecule has 0 atom stereocenters. The first-order chi connectivity index (χ1) is 12.0. The van der Waals surface area contributed by atoms with Gasteiger partial charge in [0.1, 0.15) is 0 Å². The third-order valence-corrected chi connectivity index (χ3v) is 4.75. The average Bonchev–Trinajstić information content (AvgIpc) is 2.91. The Bertz CT molecular complexity index is 1310. The molecule has 2 aromatic carbocycles. The minimum atomic E-state index is -0.482. The molecular formula is C17H9N3O4S. The molecule has 122 valence electrons. The molecule has 0 amide bonds. The van der Waals surface area contributed by atoms with Crippen molar-refractivity contribution in [1.29, 1.82) is 0 Å².